The molecule has 0 saturated carbocycles. The van der Waals surface area contributed by atoms with Gasteiger partial charge in [0, 0.05) is 27.0 Å². The van der Waals surface area contributed by atoms with Gasteiger partial charge in [0.2, 0.25) is 0 Å². The lowest BCUT2D eigenvalue weighted by Gasteiger charge is -2.22. The van der Waals surface area contributed by atoms with Gasteiger partial charge >= 0.3 is 0 Å². The first-order valence-electron chi connectivity index (χ1n) is 8.86. The fraction of sp³-hybridized carbons (Fsp3) is 0.0909. The van der Waals surface area contributed by atoms with E-state index in [9.17, 15) is 4.79 Å². The molecule has 2 heterocycles. The molecule has 0 bridgehead atoms. The highest BCUT2D eigenvalue weighted by atomic mass is 35.5. The Hall–Kier alpha value is -2.89. The Labute approximate surface area is 172 Å². The Bertz CT molecular complexity index is 1110. The first-order valence-corrected chi connectivity index (χ1v) is 10.1. The molecule has 4 nitrogen and oxygen atoms in total. The lowest BCUT2D eigenvalue weighted by atomic mass is 10.1. The molecule has 0 unspecified atom stereocenters. The Morgan fingerprint density at radius 3 is 2.61 bits per heavy atom. The van der Waals surface area contributed by atoms with Crippen LogP contribution in [0.3, 0.4) is 0 Å². The normalized spacial score (nSPS) is 10.9. The number of pyridine rings is 1. The maximum absolute atomic E-state index is 13.4. The van der Waals surface area contributed by atoms with E-state index in [1.54, 1.807) is 28.5 Å². The van der Waals surface area contributed by atoms with Crippen LogP contribution in [0, 0.1) is 0 Å². The molecule has 2 N–H and O–H groups in total. The summed E-state index contributed by atoms with van der Waals surface area (Å²) < 4.78 is 1.10. The topological polar surface area (TPSA) is 59.2 Å². The average Bonchev–Trinajstić information content (AvgIpc) is 3.15. The van der Waals surface area contributed by atoms with Crippen molar-refractivity contribution < 1.29 is 4.79 Å². The SMILES string of the molecule is Nc1ccc(N(CCc2ccc(Cl)cc2)C(=O)c2csc3ccccc23)cn1. The van der Waals surface area contributed by atoms with E-state index in [2.05, 4.69) is 4.98 Å². The van der Waals surface area contributed by atoms with E-state index in [0.717, 1.165) is 21.3 Å². The quantitative estimate of drug-likeness (QED) is 0.480. The van der Waals surface area contributed by atoms with Gasteiger partial charge in [-0.1, -0.05) is 41.9 Å². The number of aromatic nitrogens is 1. The molecule has 4 aromatic rings. The third-order valence-corrected chi connectivity index (χ3v) is 5.79. The van der Waals surface area contributed by atoms with Crippen molar-refractivity contribution in [3.05, 3.63) is 88.4 Å². The van der Waals surface area contributed by atoms with E-state index in [4.69, 9.17) is 17.3 Å². The summed E-state index contributed by atoms with van der Waals surface area (Å²) in [7, 11) is 0. The predicted octanol–water partition coefficient (Wildman–Crippen LogP) is 5.42. The zero-order valence-electron chi connectivity index (χ0n) is 15.0. The second-order valence-corrected chi connectivity index (χ2v) is 7.77. The van der Waals surface area contributed by atoms with E-state index in [-0.39, 0.29) is 5.91 Å². The second kappa shape index (κ2) is 8.00. The predicted molar refractivity (Wildman–Crippen MR) is 117 cm³/mol. The maximum Gasteiger partial charge on any atom is 0.259 e. The van der Waals surface area contributed by atoms with Crippen LogP contribution in [-0.2, 0) is 6.42 Å². The minimum atomic E-state index is -0.0435. The smallest absolute Gasteiger partial charge is 0.259 e. The van der Waals surface area contributed by atoms with Crippen LogP contribution >= 0.6 is 22.9 Å². The van der Waals surface area contributed by atoms with Gasteiger partial charge in [-0.15, -0.1) is 11.3 Å². The lowest BCUT2D eigenvalue weighted by Crippen LogP contribution is -2.33. The molecule has 2 aromatic heterocycles. The highest BCUT2D eigenvalue weighted by molar-refractivity contribution is 7.17. The number of fused-ring (bicyclic) bond motifs is 1. The summed E-state index contributed by atoms with van der Waals surface area (Å²) in [5.74, 6) is 0.382. The fourth-order valence-corrected chi connectivity index (χ4v) is 4.15. The molecule has 0 radical (unpaired) electrons. The maximum atomic E-state index is 13.4. The number of thiophene rings is 1. The van der Waals surface area contributed by atoms with E-state index in [1.807, 2.05) is 60.0 Å². The summed E-state index contributed by atoms with van der Waals surface area (Å²) in [6, 6.07) is 19.2. The minimum absolute atomic E-state index is 0.0435. The fourth-order valence-electron chi connectivity index (χ4n) is 3.09. The summed E-state index contributed by atoms with van der Waals surface area (Å²) in [4.78, 5) is 19.4. The Morgan fingerprint density at radius 2 is 1.86 bits per heavy atom. The number of carbonyl (C=O) groups excluding carboxylic acids is 1. The Morgan fingerprint density at radius 1 is 1.07 bits per heavy atom. The lowest BCUT2D eigenvalue weighted by molar-refractivity contribution is 0.0989. The molecule has 140 valence electrons. The highest BCUT2D eigenvalue weighted by Crippen LogP contribution is 2.28. The van der Waals surface area contributed by atoms with E-state index < -0.39 is 0 Å². The molecule has 0 spiro atoms. The van der Waals surface area contributed by atoms with E-state index in [1.165, 1.54) is 0 Å². The second-order valence-electron chi connectivity index (χ2n) is 6.42. The molecular formula is C22H18ClN3OS. The summed E-state index contributed by atoms with van der Waals surface area (Å²) in [6.07, 6.45) is 2.35. The van der Waals surface area contributed by atoms with Crippen LogP contribution in [-0.4, -0.2) is 17.4 Å². The van der Waals surface area contributed by atoms with Gasteiger partial charge in [-0.2, -0.15) is 0 Å². The first-order chi connectivity index (χ1) is 13.6. The largest absolute Gasteiger partial charge is 0.384 e. The van der Waals surface area contributed by atoms with E-state index in [0.29, 0.717) is 29.4 Å². The number of nitrogens with zero attached hydrogens (tertiary/aromatic N) is 2. The molecule has 0 atom stereocenters. The molecule has 28 heavy (non-hydrogen) atoms. The van der Waals surface area contributed by atoms with Crippen molar-refractivity contribution in [2.24, 2.45) is 0 Å². The third kappa shape index (κ3) is 3.86. The summed E-state index contributed by atoms with van der Waals surface area (Å²) in [5, 5.41) is 3.59. The monoisotopic (exact) mass is 407 g/mol. The number of nitrogen functional groups attached to an aromatic ring is 1. The number of rotatable bonds is 5. The molecule has 0 aliphatic heterocycles. The van der Waals surface area contributed by atoms with Gasteiger partial charge in [0.05, 0.1) is 17.4 Å². The van der Waals surface area contributed by atoms with Crippen LogP contribution in [0.25, 0.3) is 10.1 Å². The standard InChI is InChI=1S/C22H18ClN3OS/c23-16-7-5-15(6-8-16)11-12-26(17-9-10-21(24)25-13-17)22(27)19-14-28-20-4-2-1-3-18(19)20/h1-10,13-14H,11-12H2,(H2,24,25). The van der Waals surface area contributed by atoms with Crippen LogP contribution in [0.5, 0.6) is 0 Å². The first kappa shape index (κ1) is 18.5. The van der Waals surface area contributed by atoms with Gasteiger partial charge in [0.1, 0.15) is 5.82 Å². The van der Waals surface area contributed by atoms with Crippen LogP contribution in [0.2, 0.25) is 5.02 Å². The number of benzene rings is 2. The molecular weight excluding hydrogens is 390 g/mol. The van der Waals surface area contributed by atoms with Crippen molar-refractivity contribution in [2.45, 2.75) is 6.42 Å². The van der Waals surface area contributed by atoms with Crippen molar-refractivity contribution in [3.63, 3.8) is 0 Å². The summed E-state index contributed by atoms with van der Waals surface area (Å²) >= 11 is 7.55. The molecule has 0 aliphatic rings. The van der Waals surface area contributed by atoms with Gasteiger partial charge in [-0.3, -0.25) is 4.79 Å². The summed E-state index contributed by atoms with van der Waals surface area (Å²) in [5.41, 5.74) is 8.27. The number of carbonyl (C=O) groups is 1. The van der Waals surface area contributed by atoms with Gasteiger partial charge in [-0.05, 0) is 42.3 Å². The molecule has 4 rings (SSSR count). The number of hydrogen-bond acceptors (Lipinski definition) is 4. The average molecular weight is 408 g/mol. The van der Waals surface area contributed by atoms with Crippen LogP contribution in [0.1, 0.15) is 15.9 Å². The van der Waals surface area contributed by atoms with Crippen molar-refractivity contribution in [1.29, 1.82) is 0 Å². The number of anilines is 2. The van der Waals surface area contributed by atoms with Crippen LogP contribution < -0.4 is 10.6 Å². The number of nitrogens with two attached hydrogens (primary N) is 1. The Balaban J connectivity index is 1.66. The summed E-state index contributed by atoms with van der Waals surface area (Å²) in [6.45, 7) is 0.524. The van der Waals surface area contributed by atoms with Crippen molar-refractivity contribution in [3.8, 4) is 0 Å². The minimum Gasteiger partial charge on any atom is -0.384 e. The molecule has 6 heteroatoms. The van der Waals surface area contributed by atoms with E-state index >= 15 is 0 Å². The zero-order valence-corrected chi connectivity index (χ0v) is 16.6. The highest BCUT2D eigenvalue weighted by Gasteiger charge is 2.21. The number of hydrogen-bond donors (Lipinski definition) is 1. The van der Waals surface area contributed by atoms with Gasteiger partial charge < -0.3 is 10.6 Å². The van der Waals surface area contributed by atoms with Gasteiger partial charge in [-0.25, -0.2) is 4.98 Å². The zero-order chi connectivity index (χ0) is 19.5. The number of halogens is 1. The number of amides is 1. The van der Waals surface area contributed by atoms with Gasteiger partial charge in [0.15, 0.2) is 0 Å². The van der Waals surface area contributed by atoms with Crippen LogP contribution in [0.15, 0.2) is 72.2 Å². The van der Waals surface area contributed by atoms with Crippen molar-refractivity contribution in [2.75, 3.05) is 17.2 Å². The molecule has 0 aliphatic carbocycles. The molecule has 0 fully saturated rings. The van der Waals surface area contributed by atoms with Gasteiger partial charge in [0.25, 0.3) is 5.91 Å². The Kier molecular flexibility index (Phi) is 5.28. The third-order valence-electron chi connectivity index (χ3n) is 4.58. The molecule has 2 aromatic carbocycles. The molecule has 0 saturated heterocycles. The van der Waals surface area contributed by atoms with Crippen molar-refractivity contribution >= 4 is 50.4 Å². The molecule has 1 amide bonds. The van der Waals surface area contributed by atoms with Crippen molar-refractivity contribution in [1.82, 2.24) is 4.98 Å². The van der Waals surface area contributed by atoms with Crippen LogP contribution in [0.4, 0.5) is 11.5 Å².